The molecule has 2 heterocycles. The van der Waals surface area contributed by atoms with Gasteiger partial charge in [0.15, 0.2) is 0 Å². The van der Waals surface area contributed by atoms with Crippen molar-refractivity contribution in [3.8, 4) is 11.8 Å². The summed E-state index contributed by atoms with van der Waals surface area (Å²) >= 11 is 0. The van der Waals surface area contributed by atoms with Crippen molar-refractivity contribution in [1.29, 1.82) is 0 Å². The molecule has 1 aliphatic heterocycles. The highest BCUT2D eigenvalue weighted by molar-refractivity contribution is 5.78. The van der Waals surface area contributed by atoms with Crippen LogP contribution in [0.15, 0.2) is 12.3 Å². The van der Waals surface area contributed by atoms with Gasteiger partial charge in [-0.25, -0.2) is 9.97 Å². The van der Waals surface area contributed by atoms with Gasteiger partial charge in [0.05, 0.1) is 6.54 Å². The van der Waals surface area contributed by atoms with E-state index in [2.05, 4.69) is 21.8 Å². The van der Waals surface area contributed by atoms with E-state index in [0.717, 1.165) is 13.0 Å². The average Bonchev–Trinajstić information content (AvgIpc) is 2.65. The lowest BCUT2D eigenvalue weighted by Gasteiger charge is -2.09. The molecule has 1 fully saturated rings. The first-order chi connectivity index (χ1) is 7.75. The predicted molar refractivity (Wildman–Crippen MR) is 59.5 cm³/mol. The average molecular weight is 215 g/mol. The molecule has 0 radical (unpaired) electrons. The number of hydrogen-bond donors (Lipinski definition) is 0. The zero-order valence-electron chi connectivity index (χ0n) is 9.23. The number of rotatable bonds is 1. The van der Waals surface area contributed by atoms with Gasteiger partial charge in [-0.15, -0.1) is 0 Å². The first-order valence-corrected chi connectivity index (χ1v) is 5.32. The van der Waals surface area contributed by atoms with Crippen molar-refractivity contribution in [3.63, 3.8) is 0 Å². The minimum atomic E-state index is 0.202. The number of carbonyl (C=O) groups excluding carboxylic acids is 1. The number of amides is 1. The maximum Gasteiger partial charge on any atom is 0.223 e. The van der Waals surface area contributed by atoms with Gasteiger partial charge in [-0.05, 0) is 25.3 Å². The summed E-state index contributed by atoms with van der Waals surface area (Å²) in [6.07, 6.45) is 3.30. The van der Waals surface area contributed by atoms with E-state index in [1.165, 1.54) is 0 Å². The van der Waals surface area contributed by atoms with E-state index in [9.17, 15) is 4.79 Å². The first kappa shape index (κ1) is 10.6. The van der Waals surface area contributed by atoms with Gasteiger partial charge in [-0.2, -0.15) is 0 Å². The third-order valence-electron chi connectivity index (χ3n) is 2.43. The van der Waals surface area contributed by atoms with Crippen molar-refractivity contribution in [2.45, 2.75) is 19.8 Å². The summed E-state index contributed by atoms with van der Waals surface area (Å²) in [5.74, 6) is 6.82. The Labute approximate surface area is 94.7 Å². The molecule has 2 rings (SSSR count). The van der Waals surface area contributed by atoms with Crippen molar-refractivity contribution in [2.75, 3.05) is 13.1 Å². The maximum atomic E-state index is 11.3. The molecule has 1 saturated heterocycles. The summed E-state index contributed by atoms with van der Waals surface area (Å²) < 4.78 is 0. The van der Waals surface area contributed by atoms with Gasteiger partial charge in [-0.3, -0.25) is 4.79 Å². The molecule has 0 spiro atoms. The molecule has 1 aromatic heterocycles. The standard InChI is InChI=1S/C12H13N3O/c1-10-13-7-6-11(14-10)4-2-8-15-9-3-5-12(15)16/h6-7H,3,5,8-9H2,1H3. The molecule has 0 unspecified atom stereocenters. The third-order valence-corrected chi connectivity index (χ3v) is 2.43. The minimum absolute atomic E-state index is 0.202. The fraction of sp³-hybridized carbons (Fsp3) is 0.417. The molecule has 0 N–H and O–H groups in total. The highest BCUT2D eigenvalue weighted by Gasteiger charge is 2.18. The van der Waals surface area contributed by atoms with E-state index in [-0.39, 0.29) is 5.91 Å². The van der Waals surface area contributed by atoms with Gasteiger partial charge in [0.1, 0.15) is 11.5 Å². The second kappa shape index (κ2) is 4.75. The molecule has 0 aromatic carbocycles. The lowest BCUT2D eigenvalue weighted by atomic mass is 10.4. The number of carbonyl (C=O) groups is 1. The zero-order valence-corrected chi connectivity index (χ0v) is 9.23. The van der Waals surface area contributed by atoms with Crippen LogP contribution in [0.1, 0.15) is 24.4 Å². The Bertz CT molecular complexity index is 459. The summed E-state index contributed by atoms with van der Waals surface area (Å²) in [5.41, 5.74) is 0.708. The Morgan fingerprint density at radius 1 is 1.56 bits per heavy atom. The van der Waals surface area contributed by atoms with E-state index >= 15 is 0 Å². The Morgan fingerprint density at radius 2 is 2.44 bits per heavy atom. The molecule has 16 heavy (non-hydrogen) atoms. The molecular weight excluding hydrogens is 202 g/mol. The van der Waals surface area contributed by atoms with Crippen LogP contribution in [0.3, 0.4) is 0 Å². The van der Waals surface area contributed by atoms with Crippen LogP contribution in [0.2, 0.25) is 0 Å². The van der Waals surface area contributed by atoms with Crippen molar-refractivity contribution in [1.82, 2.24) is 14.9 Å². The first-order valence-electron chi connectivity index (χ1n) is 5.32. The van der Waals surface area contributed by atoms with Crippen LogP contribution in [0.4, 0.5) is 0 Å². The normalized spacial score (nSPS) is 14.8. The van der Waals surface area contributed by atoms with Gasteiger partial charge in [0, 0.05) is 19.2 Å². The zero-order chi connectivity index (χ0) is 11.4. The molecule has 4 nitrogen and oxygen atoms in total. The van der Waals surface area contributed by atoms with Crippen LogP contribution in [-0.2, 0) is 4.79 Å². The summed E-state index contributed by atoms with van der Waals surface area (Å²) in [6.45, 7) is 3.16. The number of likely N-dealkylation sites (tertiary alicyclic amines) is 1. The van der Waals surface area contributed by atoms with E-state index in [1.54, 1.807) is 17.2 Å². The van der Waals surface area contributed by atoms with Gasteiger partial charge >= 0.3 is 0 Å². The van der Waals surface area contributed by atoms with Gasteiger partial charge in [-0.1, -0.05) is 5.92 Å². The summed E-state index contributed by atoms with van der Waals surface area (Å²) in [4.78, 5) is 21.2. The van der Waals surface area contributed by atoms with E-state index < -0.39 is 0 Å². The summed E-state index contributed by atoms with van der Waals surface area (Å²) in [7, 11) is 0. The topological polar surface area (TPSA) is 46.1 Å². The number of nitrogens with zero attached hydrogens (tertiary/aromatic N) is 3. The second-order valence-electron chi connectivity index (χ2n) is 3.71. The van der Waals surface area contributed by atoms with Crippen LogP contribution >= 0.6 is 0 Å². The SMILES string of the molecule is Cc1nccc(C#CCN2CCCC2=O)n1. The smallest absolute Gasteiger partial charge is 0.223 e. The van der Waals surface area contributed by atoms with Gasteiger partial charge in [0.25, 0.3) is 0 Å². The van der Waals surface area contributed by atoms with Gasteiger partial charge in [0.2, 0.25) is 5.91 Å². The Balaban J connectivity index is 1.97. The Morgan fingerprint density at radius 3 is 3.12 bits per heavy atom. The molecule has 4 heteroatoms. The monoisotopic (exact) mass is 215 g/mol. The van der Waals surface area contributed by atoms with Crippen molar-refractivity contribution >= 4 is 5.91 Å². The Kier molecular flexibility index (Phi) is 3.16. The number of aryl methyl sites for hydroxylation is 1. The van der Waals surface area contributed by atoms with Crippen LogP contribution < -0.4 is 0 Å². The summed E-state index contributed by atoms with van der Waals surface area (Å²) in [6, 6.07) is 1.77. The number of aromatic nitrogens is 2. The largest absolute Gasteiger partial charge is 0.332 e. The summed E-state index contributed by atoms with van der Waals surface area (Å²) in [5, 5.41) is 0. The highest BCUT2D eigenvalue weighted by Crippen LogP contribution is 2.07. The highest BCUT2D eigenvalue weighted by atomic mass is 16.2. The van der Waals surface area contributed by atoms with E-state index in [0.29, 0.717) is 24.5 Å². The minimum Gasteiger partial charge on any atom is -0.332 e. The van der Waals surface area contributed by atoms with Crippen molar-refractivity contribution in [2.24, 2.45) is 0 Å². The van der Waals surface area contributed by atoms with Crippen molar-refractivity contribution < 1.29 is 4.79 Å². The lowest BCUT2D eigenvalue weighted by Crippen LogP contribution is -2.24. The lowest BCUT2D eigenvalue weighted by molar-refractivity contribution is -0.127. The molecule has 82 valence electrons. The molecule has 1 aliphatic rings. The maximum absolute atomic E-state index is 11.3. The van der Waals surface area contributed by atoms with Crippen LogP contribution in [0.5, 0.6) is 0 Å². The predicted octanol–water partition coefficient (Wildman–Crippen LogP) is 0.759. The van der Waals surface area contributed by atoms with Crippen LogP contribution in [-0.4, -0.2) is 33.9 Å². The van der Waals surface area contributed by atoms with E-state index in [4.69, 9.17) is 0 Å². The Hall–Kier alpha value is -1.89. The molecule has 1 amide bonds. The van der Waals surface area contributed by atoms with Crippen LogP contribution in [0.25, 0.3) is 0 Å². The number of hydrogen-bond acceptors (Lipinski definition) is 3. The fourth-order valence-corrected chi connectivity index (χ4v) is 1.62. The molecule has 0 aliphatic carbocycles. The third kappa shape index (κ3) is 2.57. The molecular formula is C12H13N3O. The fourth-order valence-electron chi connectivity index (χ4n) is 1.62. The van der Waals surface area contributed by atoms with E-state index in [1.807, 2.05) is 6.92 Å². The quantitative estimate of drug-likeness (QED) is 0.650. The van der Waals surface area contributed by atoms with Crippen LogP contribution in [0, 0.1) is 18.8 Å². The molecule has 1 aromatic rings. The van der Waals surface area contributed by atoms with Crippen molar-refractivity contribution in [3.05, 3.63) is 23.8 Å². The molecule has 0 saturated carbocycles. The second-order valence-corrected chi connectivity index (χ2v) is 3.71. The molecule has 0 bridgehead atoms. The van der Waals surface area contributed by atoms with Gasteiger partial charge < -0.3 is 4.90 Å². The molecule has 0 atom stereocenters.